The highest BCUT2D eigenvalue weighted by molar-refractivity contribution is 7.92. The Morgan fingerprint density at radius 2 is 1.73 bits per heavy atom. The maximum Gasteiger partial charge on any atom is 0.272 e. The first-order valence-corrected chi connectivity index (χ1v) is 9.52. The van der Waals surface area contributed by atoms with Crippen LogP contribution in [0, 0.1) is 0 Å². The van der Waals surface area contributed by atoms with Gasteiger partial charge in [0, 0.05) is 29.6 Å². The second kappa shape index (κ2) is 7.23. The number of anilines is 2. The molecule has 0 atom stereocenters. The number of carbonyl (C=O) groups is 1. The summed E-state index contributed by atoms with van der Waals surface area (Å²) in [6, 6.07) is 15.8. The number of aryl methyl sites for hydroxylation is 1. The molecule has 0 fully saturated rings. The zero-order valence-corrected chi connectivity index (χ0v) is 15.4. The standard InChI is InChI=1S/C18H16ClN3O3S/c1-22-11-3-6-17(22)18(23)20-15-4-2-5-16(12-15)26(24,25)21-14-9-7-13(19)8-10-14/h2-12,21H,1H3,(H,20,23). The lowest BCUT2D eigenvalue weighted by Crippen LogP contribution is -2.16. The summed E-state index contributed by atoms with van der Waals surface area (Å²) in [4.78, 5) is 12.3. The SMILES string of the molecule is Cn1cccc1C(=O)Nc1cccc(S(=O)(=O)Nc2ccc(Cl)cc2)c1. The van der Waals surface area contributed by atoms with Gasteiger partial charge >= 0.3 is 0 Å². The highest BCUT2D eigenvalue weighted by Crippen LogP contribution is 2.21. The van der Waals surface area contributed by atoms with Crippen molar-refractivity contribution < 1.29 is 13.2 Å². The molecule has 0 saturated heterocycles. The number of hydrogen-bond donors (Lipinski definition) is 2. The number of sulfonamides is 1. The van der Waals surface area contributed by atoms with E-state index in [0.29, 0.717) is 22.1 Å². The molecular weight excluding hydrogens is 374 g/mol. The smallest absolute Gasteiger partial charge is 0.272 e. The largest absolute Gasteiger partial charge is 0.347 e. The first-order chi connectivity index (χ1) is 12.3. The van der Waals surface area contributed by atoms with Crippen LogP contribution < -0.4 is 10.0 Å². The third kappa shape index (κ3) is 4.07. The third-order valence-corrected chi connectivity index (χ3v) is 5.31. The van der Waals surface area contributed by atoms with E-state index in [4.69, 9.17) is 11.6 Å². The summed E-state index contributed by atoms with van der Waals surface area (Å²) in [7, 11) is -2.04. The third-order valence-electron chi connectivity index (χ3n) is 3.68. The van der Waals surface area contributed by atoms with Crippen LogP contribution >= 0.6 is 11.6 Å². The molecular formula is C18H16ClN3O3S. The molecule has 2 aromatic carbocycles. The summed E-state index contributed by atoms with van der Waals surface area (Å²) in [5, 5.41) is 3.21. The fourth-order valence-electron chi connectivity index (χ4n) is 2.37. The minimum atomic E-state index is -3.80. The Kier molecular flexibility index (Phi) is 5.01. The van der Waals surface area contributed by atoms with Gasteiger partial charge in [0.05, 0.1) is 4.90 Å². The Bertz CT molecular complexity index is 1040. The highest BCUT2D eigenvalue weighted by atomic mass is 35.5. The van der Waals surface area contributed by atoms with E-state index in [2.05, 4.69) is 10.0 Å². The quantitative estimate of drug-likeness (QED) is 0.697. The molecule has 2 N–H and O–H groups in total. The second-order valence-electron chi connectivity index (χ2n) is 5.60. The minimum absolute atomic E-state index is 0.0390. The van der Waals surface area contributed by atoms with E-state index in [1.165, 1.54) is 12.1 Å². The van der Waals surface area contributed by atoms with Crippen molar-refractivity contribution in [2.24, 2.45) is 7.05 Å². The Hall–Kier alpha value is -2.77. The predicted molar refractivity (Wildman–Crippen MR) is 102 cm³/mol. The lowest BCUT2D eigenvalue weighted by atomic mass is 10.3. The zero-order chi connectivity index (χ0) is 18.7. The van der Waals surface area contributed by atoms with Crippen LogP contribution in [0.2, 0.25) is 5.02 Å². The molecule has 8 heteroatoms. The molecule has 1 aromatic heterocycles. The molecule has 0 aliphatic carbocycles. The van der Waals surface area contributed by atoms with Gasteiger partial charge in [-0.3, -0.25) is 9.52 Å². The Labute approximate surface area is 156 Å². The fraction of sp³-hybridized carbons (Fsp3) is 0.0556. The minimum Gasteiger partial charge on any atom is -0.347 e. The van der Waals surface area contributed by atoms with Crippen molar-refractivity contribution in [3.63, 3.8) is 0 Å². The topological polar surface area (TPSA) is 80.2 Å². The molecule has 0 radical (unpaired) electrons. The average molecular weight is 390 g/mol. The molecule has 3 aromatic rings. The maximum atomic E-state index is 12.5. The monoisotopic (exact) mass is 389 g/mol. The first-order valence-electron chi connectivity index (χ1n) is 7.66. The van der Waals surface area contributed by atoms with Crippen LogP contribution in [-0.4, -0.2) is 18.9 Å². The van der Waals surface area contributed by atoms with Crippen molar-refractivity contribution in [1.82, 2.24) is 4.57 Å². The average Bonchev–Trinajstić information content (AvgIpc) is 3.03. The lowest BCUT2D eigenvalue weighted by Gasteiger charge is -2.10. The number of nitrogens with one attached hydrogen (secondary N) is 2. The van der Waals surface area contributed by atoms with Crippen LogP contribution in [0.3, 0.4) is 0 Å². The molecule has 0 aliphatic rings. The molecule has 0 aliphatic heterocycles. The molecule has 0 spiro atoms. The van der Waals surface area contributed by atoms with E-state index in [9.17, 15) is 13.2 Å². The summed E-state index contributed by atoms with van der Waals surface area (Å²) in [6.45, 7) is 0. The van der Waals surface area contributed by atoms with Crippen LogP contribution in [0.5, 0.6) is 0 Å². The summed E-state index contributed by atoms with van der Waals surface area (Å²) < 4.78 is 29.2. The molecule has 0 saturated carbocycles. The van der Waals surface area contributed by atoms with Crippen molar-refractivity contribution >= 4 is 38.9 Å². The molecule has 3 rings (SSSR count). The molecule has 134 valence electrons. The second-order valence-corrected chi connectivity index (χ2v) is 7.72. The summed E-state index contributed by atoms with van der Waals surface area (Å²) in [5.41, 5.74) is 1.25. The predicted octanol–water partition coefficient (Wildman–Crippen LogP) is 3.73. The Morgan fingerprint density at radius 1 is 1.00 bits per heavy atom. The number of nitrogens with zero attached hydrogens (tertiary/aromatic N) is 1. The van der Waals surface area contributed by atoms with Gasteiger partial charge in [-0.25, -0.2) is 8.42 Å². The van der Waals surface area contributed by atoms with E-state index in [-0.39, 0.29) is 10.8 Å². The number of benzene rings is 2. The lowest BCUT2D eigenvalue weighted by molar-refractivity contribution is 0.101. The van der Waals surface area contributed by atoms with Gasteiger partial charge in [-0.2, -0.15) is 0 Å². The van der Waals surface area contributed by atoms with Crippen molar-refractivity contribution in [3.05, 3.63) is 77.6 Å². The van der Waals surface area contributed by atoms with E-state index < -0.39 is 10.0 Å². The normalized spacial score (nSPS) is 11.2. The molecule has 0 bridgehead atoms. The first kappa shape index (κ1) is 18.0. The maximum absolute atomic E-state index is 12.5. The van der Waals surface area contributed by atoms with Gasteiger partial charge < -0.3 is 9.88 Å². The summed E-state index contributed by atoms with van der Waals surface area (Å²) >= 11 is 5.80. The number of rotatable bonds is 5. The highest BCUT2D eigenvalue weighted by Gasteiger charge is 2.16. The van der Waals surface area contributed by atoms with Crippen LogP contribution in [0.4, 0.5) is 11.4 Å². The van der Waals surface area contributed by atoms with Gasteiger partial charge in [0.2, 0.25) is 0 Å². The van der Waals surface area contributed by atoms with Gasteiger partial charge in [0.25, 0.3) is 15.9 Å². The van der Waals surface area contributed by atoms with Crippen LogP contribution in [-0.2, 0) is 17.1 Å². The Balaban J connectivity index is 1.80. The number of aromatic nitrogens is 1. The zero-order valence-electron chi connectivity index (χ0n) is 13.8. The summed E-state index contributed by atoms with van der Waals surface area (Å²) in [6.07, 6.45) is 1.76. The number of hydrogen-bond acceptors (Lipinski definition) is 3. The van der Waals surface area contributed by atoms with Gasteiger partial charge in [-0.1, -0.05) is 17.7 Å². The van der Waals surface area contributed by atoms with E-state index in [0.717, 1.165) is 0 Å². The van der Waals surface area contributed by atoms with Crippen LogP contribution in [0.25, 0.3) is 0 Å². The van der Waals surface area contributed by atoms with E-state index >= 15 is 0 Å². The van der Waals surface area contributed by atoms with Crippen LogP contribution in [0.1, 0.15) is 10.5 Å². The molecule has 6 nitrogen and oxygen atoms in total. The molecule has 1 amide bonds. The number of amides is 1. The molecule has 26 heavy (non-hydrogen) atoms. The molecule has 1 heterocycles. The van der Waals surface area contributed by atoms with E-state index in [1.54, 1.807) is 66.3 Å². The van der Waals surface area contributed by atoms with Crippen molar-refractivity contribution in [3.8, 4) is 0 Å². The summed E-state index contributed by atoms with van der Waals surface area (Å²) in [5.74, 6) is -0.322. The van der Waals surface area contributed by atoms with Crippen molar-refractivity contribution in [1.29, 1.82) is 0 Å². The van der Waals surface area contributed by atoms with Gasteiger partial charge in [-0.15, -0.1) is 0 Å². The van der Waals surface area contributed by atoms with Crippen molar-refractivity contribution in [2.75, 3.05) is 10.0 Å². The van der Waals surface area contributed by atoms with Gasteiger partial charge in [-0.05, 0) is 54.6 Å². The molecule has 0 unspecified atom stereocenters. The fourth-order valence-corrected chi connectivity index (χ4v) is 3.60. The van der Waals surface area contributed by atoms with Crippen molar-refractivity contribution in [2.45, 2.75) is 4.90 Å². The Morgan fingerprint density at radius 3 is 2.38 bits per heavy atom. The van der Waals surface area contributed by atoms with Gasteiger partial charge in [0.15, 0.2) is 0 Å². The van der Waals surface area contributed by atoms with E-state index in [1.807, 2.05) is 0 Å². The number of carbonyl (C=O) groups excluding carboxylic acids is 1. The van der Waals surface area contributed by atoms with Crippen LogP contribution in [0.15, 0.2) is 71.8 Å². The van der Waals surface area contributed by atoms with Gasteiger partial charge in [0.1, 0.15) is 5.69 Å². The number of halogens is 1.